The summed E-state index contributed by atoms with van der Waals surface area (Å²) >= 11 is 6.83. The van der Waals surface area contributed by atoms with Crippen molar-refractivity contribution in [3.8, 4) is 5.75 Å². The van der Waals surface area contributed by atoms with E-state index in [-0.39, 0.29) is 5.75 Å². The van der Waals surface area contributed by atoms with Gasteiger partial charge in [-0.25, -0.2) is 0 Å². The molecule has 2 N–H and O–H groups in total. The van der Waals surface area contributed by atoms with Crippen LogP contribution in [0.1, 0.15) is 11.1 Å². The Morgan fingerprint density at radius 1 is 1.11 bits per heavy atom. The Bertz CT molecular complexity index is 570. The summed E-state index contributed by atoms with van der Waals surface area (Å²) < 4.78 is 1.74. The van der Waals surface area contributed by atoms with Gasteiger partial charge in [0.05, 0.1) is 4.47 Å². The third-order valence-corrected chi connectivity index (χ3v) is 3.96. The van der Waals surface area contributed by atoms with Gasteiger partial charge in [0.15, 0.2) is 0 Å². The summed E-state index contributed by atoms with van der Waals surface area (Å²) in [6, 6.07) is 11.8. The van der Waals surface area contributed by atoms with Crippen molar-refractivity contribution in [3.05, 3.63) is 56.5 Å². The average molecular weight is 371 g/mol. The second-order valence-corrected chi connectivity index (χ2v) is 5.79. The fraction of sp³-hybridized carbons (Fsp3) is 0.143. The quantitative estimate of drug-likeness (QED) is 0.810. The molecule has 0 aromatic heterocycles. The Labute approximate surface area is 123 Å². The number of phenolic OH excluding ortho intramolecular Hbond substituents is 1. The van der Waals surface area contributed by atoms with E-state index < -0.39 is 0 Å². The molecule has 0 aliphatic carbocycles. The molecule has 2 nitrogen and oxygen atoms in total. The molecule has 94 valence electrons. The number of rotatable bonds is 3. The molecule has 0 unspecified atom stereocenters. The molecule has 0 saturated heterocycles. The van der Waals surface area contributed by atoms with E-state index in [1.165, 1.54) is 5.56 Å². The van der Waals surface area contributed by atoms with Gasteiger partial charge in [0.1, 0.15) is 5.75 Å². The van der Waals surface area contributed by atoms with E-state index in [1.807, 2.05) is 30.3 Å². The highest BCUT2D eigenvalue weighted by molar-refractivity contribution is 9.11. The van der Waals surface area contributed by atoms with Crippen molar-refractivity contribution in [2.45, 2.75) is 13.5 Å². The maximum absolute atomic E-state index is 9.89. The van der Waals surface area contributed by atoms with Gasteiger partial charge in [0.2, 0.25) is 0 Å². The fourth-order valence-corrected chi connectivity index (χ4v) is 2.70. The van der Waals surface area contributed by atoms with Crippen LogP contribution in [0, 0.1) is 6.92 Å². The summed E-state index contributed by atoms with van der Waals surface area (Å²) in [6.45, 7) is 2.63. The Hall–Kier alpha value is -1.000. The van der Waals surface area contributed by atoms with E-state index in [2.05, 4.69) is 50.2 Å². The lowest BCUT2D eigenvalue weighted by Crippen LogP contribution is -2.00. The van der Waals surface area contributed by atoms with Crippen LogP contribution >= 0.6 is 31.9 Å². The van der Waals surface area contributed by atoms with Gasteiger partial charge in [-0.1, -0.05) is 18.2 Å². The van der Waals surface area contributed by atoms with Crippen molar-refractivity contribution < 1.29 is 5.11 Å². The minimum absolute atomic E-state index is 0.285. The van der Waals surface area contributed by atoms with Crippen LogP contribution < -0.4 is 5.32 Å². The lowest BCUT2D eigenvalue weighted by atomic mass is 10.2. The third kappa shape index (κ3) is 3.06. The summed E-state index contributed by atoms with van der Waals surface area (Å²) in [6.07, 6.45) is 0. The molecule has 0 radical (unpaired) electrons. The van der Waals surface area contributed by atoms with Crippen molar-refractivity contribution in [2.24, 2.45) is 0 Å². The van der Waals surface area contributed by atoms with Gasteiger partial charge in [-0.15, -0.1) is 0 Å². The molecule has 0 heterocycles. The summed E-state index contributed by atoms with van der Waals surface area (Å²) in [5, 5.41) is 13.2. The number of hydrogen-bond donors (Lipinski definition) is 2. The molecule has 2 aromatic rings. The predicted octanol–water partition coefficient (Wildman–Crippen LogP) is 4.84. The van der Waals surface area contributed by atoms with E-state index >= 15 is 0 Å². The van der Waals surface area contributed by atoms with E-state index in [0.29, 0.717) is 11.0 Å². The van der Waals surface area contributed by atoms with Crippen LogP contribution in [0.3, 0.4) is 0 Å². The van der Waals surface area contributed by atoms with Crippen LogP contribution in [0.4, 0.5) is 5.69 Å². The molecular formula is C14H13Br2NO. The zero-order chi connectivity index (χ0) is 13.1. The smallest absolute Gasteiger partial charge is 0.134 e. The highest BCUT2D eigenvalue weighted by Gasteiger charge is 2.05. The first-order valence-electron chi connectivity index (χ1n) is 5.54. The van der Waals surface area contributed by atoms with E-state index in [9.17, 15) is 5.11 Å². The molecule has 0 aliphatic heterocycles. The lowest BCUT2D eigenvalue weighted by molar-refractivity contribution is 0.465. The highest BCUT2D eigenvalue weighted by Crippen LogP contribution is 2.29. The van der Waals surface area contributed by atoms with Crippen LogP contribution in [0.5, 0.6) is 5.75 Å². The maximum Gasteiger partial charge on any atom is 0.134 e. The third-order valence-electron chi connectivity index (χ3n) is 2.66. The number of benzene rings is 2. The zero-order valence-electron chi connectivity index (χ0n) is 9.87. The van der Waals surface area contributed by atoms with Gasteiger partial charge >= 0.3 is 0 Å². The number of phenols is 1. The fourth-order valence-electron chi connectivity index (χ4n) is 1.66. The molecule has 0 saturated carbocycles. The molecule has 2 aromatic carbocycles. The van der Waals surface area contributed by atoms with E-state index in [4.69, 9.17) is 0 Å². The van der Waals surface area contributed by atoms with Gasteiger partial charge in [0, 0.05) is 22.3 Å². The average Bonchev–Trinajstić information content (AvgIpc) is 2.33. The standard InChI is InChI=1S/C14H13Br2NO/c1-9-5-6-13(12(16)7-9)17-8-10-3-2-4-11(15)14(10)18/h2-7,17-18H,8H2,1H3. The van der Waals surface area contributed by atoms with Crippen LogP contribution in [0.2, 0.25) is 0 Å². The molecular weight excluding hydrogens is 358 g/mol. The van der Waals surface area contributed by atoms with Crippen molar-refractivity contribution in [1.29, 1.82) is 0 Å². The molecule has 0 fully saturated rings. The second kappa shape index (κ2) is 5.76. The molecule has 0 amide bonds. The molecule has 0 bridgehead atoms. The van der Waals surface area contributed by atoms with Gasteiger partial charge < -0.3 is 10.4 Å². The topological polar surface area (TPSA) is 32.3 Å². The Morgan fingerprint density at radius 2 is 1.89 bits per heavy atom. The molecule has 0 spiro atoms. The van der Waals surface area contributed by atoms with Crippen LogP contribution in [-0.2, 0) is 6.54 Å². The summed E-state index contributed by atoms with van der Waals surface area (Å²) in [4.78, 5) is 0. The van der Waals surface area contributed by atoms with Gasteiger partial charge in [-0.05, 0) is 62.5 Å². The maximum atomic E-state index is 9.89. The number of nitrogens with one attached hydrogen (secondary N) is 1. The minimum Gasteiger partial charge on any atom is -0.506 e. The van der Waals surface area contributed by atoms with E-state index in [0.717, 1.165) is 15.7 Å². The van der Waals surface area contributed by atoms with Crippen molar-refractivity contribution in [1.82, 2.24) is 0 Å². The number of anilines is 1. The van der Waals surface area contributed by atoms with Crippen LogP contribution in [0.15, 0.2) is 45.3 Å². The largest absolute Gasteiger partial charge is 0.506 e. The first-order valence-corrected chi connectivity index (χ1v) is 7.13. The monoisotopic (exact) mass is 369 g/mol. The second-order valence-electron chi connectivity index (χ2n) is 4.08. The Morgan fingerprint density at radius 3 is 2.61 bits per heavy atom. The highest BCUT2D eigenvalue weighted by atomic mass is 79.9. The predicted molar refractivity (Wildman–Crippen MR) is 82.0 cm³/mol. The van der Waals surface area contributed by atoms with Crippen molar-refractivity contribution >= 4 is 37.5 Å². The van der Waals surface area contributed by atoms with Crippen LogP contribution in [-0.4, -0.2) is 5.11 Å². The molecule has 0 atom stereocenters. The Kier molecular flexibility index (Phi) is 4.30. The molecule has 0 aliphatic rings. The number of halogens is 2. The number of aromatic hydroxyl groups is 1. The van der Waals surface area contributed by atoms with Crippen molar-refractivity contribution in [2.75, 3.05) is 5.32 Å². The normalized spacial score (nSPS) is 10.4. The number of para-hydroxylation sites is 1. The summed E-state index contributed by atoms with van der Waals surface area (Å²) in [5.41, 5.74) is 3.08. The SMILES string of the molecule is Cc1ccc(NCc2cccc(Br)c2O)c(Br)c1. The first-order chi connectivity index (χ1) is 8.58. The van der Waals surface area contributed by atoms with Gasteiger partial charge in [0.25, 0.3) is 0 Å². The Balaban J connectivity index is 2.14. The van der Waals surface area contributed by atoms with Crippen LogP contribution in [0.25, 0.3) is 0 Å². The first kappa shape index (κ1) is 13.4. The van der Waals surface area contributed by atoms with Crippen molar-refractivity contribution in [3.63, 3.8) is 0 Å². The van der Waals surface area contributed by atoms with Gasteiger partial charge in [-0.3, -0.25) is 0 Å². The number of aryl methyl sites for hydroxylation is 1. The molecule has 18 heavy (non-hydrogen) atoms. The molecule has 2 rings (SSSR count). The minimum atomic E-state index is 0.285. The van der Waals surface area contributed by atoms with Gasteiger partial charge in [-0.2, -0.15) is 0 Å². The summed E-state index contributed by atoms with van der Waals surface area (Å²) in [5.74, 6) is 0.285. The number of hydrogen-bond acceptors (Lipinski definition) is 2. The molecule has 4 heteroatoms. The lowest BCUT2D eigenvalue weighted by Gasteiger charge is -2.11. The van der Waals surface area contributed by atoms with E-state index in [1.54, 1.807) is 0 Å². The summed E-state index contributed by atoms with van der Waals surface area (Å²) in [7, 11) is 0. The zero-order valence-corrected chi connectivity index (χ0v) is 13.0.